The highest BCUT2D eigenvalue weighted by atomic mass is 16.5. The first kappa shape index (κ1) is 23.9. The van der Waals surface area contributed by atoms with Gasteiger partial charge in [0.25, 0.3) is 0 Å². The van der Waals surface area contributed by atoms with E-state index in [4.69, 9.17) is 23.7 Å². The normalized spacial score (nSPS) is 19.6. The summed E-state index contributed by atoms with van der Waals surface area (Å²) >= 11 is 0. The summed E-state index contributed by atoms with van der Waals surface area (Å²) in [7, 11) is 4.88. The Morgan fingerprint density at radius 2 is 1.50 bits per heavy atom. The van der Waals surface area contributed by atoms with Gasteiger partial charge < -0.3 is 28.8 Å². The van der Waals surface area contributed by atoms with E-state index in [1.807, 2.05) is 60.7 Å². The van der Waals surface area contributed by atoms with Gasteiger partial charge in [-0.15, -0.1) is 0 Å². The van der Waals surface area contributed by atoms with E-state index < -0.39 is 0 Å². The van der Waals surface area contributed by atoms with Crippen LogP contribution in [0.15, 0.2) is 66.7 Å². The fourth-order valence-corrected chi connectivity index (χ4v) is 4.55. The lowest BCUT2D eigenvalue weighted by Gasteiger charge is -2.22. The van der Waals surface area contributed by atoms with Crippen molar-refractivity contribution in [2.24, 2.45) is 11.8 Å². The van der Waals surface area contributed by atoms with Crippen LogP contribution in [0, 0.1) is 11.8 Å². The van der Waals surface area contributed by atoms with Crippen molar-refractivity contribution in [2.75, 3.05) is 34.5 Å². The molecule has 0 aliphatic carbocycles. The summed E-state index contributed by atoms with van der Waals surface area (Å²) in [5, 5.41) is 10.2. The van der Waals surface area contributed by atoms with Crippen molar-refractivity contribution in [3.05, 3.63) is 83.4 Å². The summed E-state index contributed by atoms with van der Waals surface area (Å²) < 4.78 is 28.5. The SMILES string of the molecule is COc1ccc([C@H]2OC[C@H](Cc3ccc(OCc4ccccc4)c(OC)c3)[C@@H]2CO)cc1OC. The van der Waals surface area contributed by atoms with Gasteiger partial charge in [-0.3, -0.25) is 0 Å². The van der Waals surface area contributed by atoms with Gasteiger partial charge in [0.1, 0.15) is 6.61 Å². The summed E-state index contributed by atoms with van der Waals surface area (Å²) in [6.45, 7) is 1.09. The van der Waals surface area contributed by atoms with Gasteiger partial charge in [0.2, 0.25) is 0 Å². The Morgan fingerprint density at radius 3 is 2.21 bits per heavy atom. The molecule has 0 saturated carbocycles. The Morgan fingerprint density at radius 1 is 0.794 bits per heavy atom. The van der Waals surface area contributed by atoms with Gasteiger partial charge in [0.05, 0.1) is 34.0 Å². The molecule has 0 aromatic heterocycles. The third-order valence-corrected chi connectivity index (χ3v) is 6.39. The van der Waals surface area contributed by atoms with E-state index in [-0.39, 0.29) is 24.5 Å². The van der Waals surface area contributed by atoms with Crippen LogP contribution in [0.3, 0.4) is 0 Å². The lowest BCUT2D eigenvalue weighted by atomic mass is 9.84. The van der Waals surface area contributed by atoms with Crippen LogP contribution in [0.1, 0.15) is 22.8 Å². The first-order valence-electron chi connectivity index (χ1n) is 11.4. The van der Waals surface area contributed by atoms with Crippen molar-refractivity contribution in [3.63, 3.8) is 0 Å². The van der Waals surface area contributed by atoms with E-state index in [1.54, 1.807) is 21.3 Å². The number of benzene rings is 3. The molecule has 1 saturated heterocycles. The largest absolute Gasteiger partial charge is 0.493 e. The fourth-order valence-electron chi connectivity index (χ4n) is 4.55. The second-order valence-electron chi connectivity index (χ2n) is 8.44. The van der Waals surface area contributed by atoms with Crippen LogP contribution >= 0.6 is 0 Å². The molecule has 0 spiro atoms. The smallest absolute Gasteiger partial charge is 0.161 e. The third-order valence-electron chi connectivity index (χ3n) is 6.39. The topological polar surface area (TPSA) is 66.4 Å². The highest BCUT2D eigenvalue weighted by Crippen LogP contribution is 2.42. The monoisotopic (exact) mass is 464 g/mol. The molecule has 1 aliphatic heterocycles. The molecule has 6 heteroatoms. The van der Waals surface area contributed by atoms with Crippen LogP contribution in [0.25, 0.3) is 0 Å². The van der Waals surface area contributed by atoms with Crippen LogP contribution in [0.2, 0.25) is 0 Å². The van der Waals surface area contributed by atoms with Crippen molar-refractivity contribution < 1.29 is 28.8 Å². The maximum absolute atomic E-state index is 10.2. The molecule has 0 unspecified atom stereocenters. The second-order valence-corrected chi connectivity index (χ2v) is 8.44. The first-order chi connectivity index (χ1) is 16.7. The van der Waals surface area contributed by atoms with Crippen molar-refractivity contribution >= 4 is 0 Å². The minimum atomic E-state index is -0.204. The predicted molar refractivity (Wildman–Crippen MR) is 130 cm³/mol. The van der Waals surface area contributed by atoms with Crippen molar-refractivity contribution in [2.45, 2.75) is 19.1 Å². The van der Waals surface area contributed by atoms with Gasteiger partial charge >= 0.3 is 0 Å². The average Bonchev–Trinajstić information content (AvgIpc) is 3.30. The van der Waals surface area contributed by atoms with Crippen LogP contribution < -0.4 is 18.9 Å². The highest BCUT2D eigenvalue weighted by molar-refractivity contribution is 5.45. The first-order valence-corrected chi connectivity index (χ1v) is 11.4. The standard InChI is InChI=1S/C28H32O6/c1-30-24-12-10-21(15-27(24)32-3)28-23(16-29)22(18-34-28)13-20-9-11-25(26(14-20)31-2)33-17-19-7-5-4-6-8-19/h4-12,14-15,22-23,28-29H,13,16-18H2,1-3H3/t22-,23-,28+/m0/s1. The Kier molecular flexibility index (Phi) is 7.93. The van der Waals surface area contributed by atoms with E-state index in [2.05, 4.69) is 6.07 Å². The Hall–Kier alpha value is -3.22. The molecule has 3 aromatic carbocycles. The number of hydrogen-bond acceptors (Lipinski definition) is 6. The highest BCUT2D eigenvalue weighted by Gasteiger charge is 2.38. The van der Waals surface area contributed by atoms with E-state index in [9.17, 15) is 5.11 Å². The lowest BCUT2D eigenvalue weighted by Crippen LogP contribution is -2.21. The molecule has 4 rings (SSSR count). The van der Waals surface area contributed by atoms with Gasteiger partial charge in [-0.1, -0.05) is 42.5 Å². The minimum Gasteiger partial charge on any atom is -0.493 e. The molecule has 0 amide bonds. The quantitative estimate of drug-likeness (QED) is 0.464. The van der Waals surface area contributed by atoms with Crippen LogP contribution in [-0.4, -0.2) is 39.6 Å². The minimum absolute atomic E-state index is 0.0295. The lowest BCUT2D eigenvalue weighted by molar-refractivity contribution is 0.0717. The van der Waals surface area contributed by atoms with Gasteiger partial charge in [-0.05, 0) is 53.3 Å². The molecule has 3 atom stereocenters. The van der Waals surface area contributed by atoms with Gasteiger partial charge in [0, 0.05) is 12.5 Å². The number of hydrogen-bond donors (Lipinski definition) is 1. The maximum atomic E-state index is 10.2. The Balaban J connectivity index is 1.45. The molecule has 34 heavy (non-hydrogen) atoms. The number of aliphatic hydroxyl groups is 1. The van der Waals surface area contributed by atoms with E-state index in [1.165, 1.54) is 0 Å². The van der Waals surface area contributed by atoms with Crippen LogP contribution in [-0.2, 0) is 17.8 Å². The molecule has 1 aliphatic rings. The Labute approximate surface area is 201 Å². The number of methoxy groups -OCH3 is 3. The zero-order valence-electron chi connectivity index (χ0n) is 19.9. The van der Waals surface area contributed by atoms with E-state index >= 15 is 0 Å². The number of rotatable bonds is 10. The van der Waals surface area contributed by atoms with Crippen molar-refractivity contribution in [1.82, 2.24) is 0 Å². The second kappa shape index (κ2) is 11.3. The van der Waals surface area contributed by atoms with E-state index in [0.717, 1.165) is 23.1 Å². The predicted octanol–water partition coefficient (Wildman–Crippen LogP) is 4.83. The van der Waals surface area contributed by atoms with Gasteiger partial charge in [-0.2, -0.15) is 0 Å². The molecular formula is C28H32O6. The molecule has 1 heterocycles. The van der Waals surface area contributed by atoms with Gasteiger partial charge in [-0.25, -0.2) is 0 Å². The zero-order valence-corrected chi connectivity index (χ0v) is 19.9. The van der Waals surface area contributed by atoms with Crippen LogP contribution in [0.5, 0.6) is 23.0 Å². The van der Waals surface area contributed by atoms with E-state index in [0.29, 0.717) is 36.2 Å². The average molecular weight is 465 g/mol. The molecule has 0 radical (unpaired) electrons. The zero-order chi connectivity index (χ0) is 23.9. The van der Waals surface area contributed by atoms with Crippen molar-refractivity contribution in [1.29, 1.82) is 0 Å². The molecular weight excluding hydrogens is 432 g/mol. The summed E-state index contributed by atoms with van der Waals surface area (Å²) in [4.78, 5) is 0. The van der Waals surface area contributed by atoms with Gasteiger partial charge in [0.15, 0.2) is 23.0 Å². The number of aliphatic hydroxyl groups excluding tert-OH is 1. The Bertz CT molecular complexity index is 1070. The number of ether oxygens (including phenoxy) is 5. The third kappa shape index (κ3) is 5.29. The fraction of sp³-hybridized carbons (Fsp3) is 0.357. The molecule has 6 nitrogen and oxygen atoms in total. The summed E-state index contributed by atoms with van der Waals surface area (Å²) in [5.74, 6) is 2.87. The summed E-state index contributed by atoms with van der Waals surface area (Å²) in [5.41, 5.74) is 3.19. The molecule has 3 aromatic rings. The molecule has 1 fully saturated rings. The maximum Gasteiger partial charge on any atom is 0.161 e. The summed E-state index contributed by atoms with van der Waals surface area (Å²) in [6.07, 6.45) is 0.565. The molecule has 0 bridgehead atoms. The molecule has 180 valence electrons. The summed E-state index contributed by atoms with van der Waals surface area (Å²) in [6, 6.07) is 21.8. The molecule has 1 N–H and O–H groups in total. The van der Waals surface area contributed by atoms with Crippen LogP contribution in [0.4, 0.5) is 0 Å². The van der Waals surface area contributed by atoms with Crippen molar-refractivity contribution in [3.8, 4) is 23.0 Å².